The maximum atomic E-state index is 12.7. The molecule has 0 aromatic carbocycles. The number of hydrogen-bond acceptors (Lipinski definition) is 1. The lowest BCUT2D eigenvalue weighted by molar-refractivity contribution is -0.138. The van der Waals surface area contributed by atoms with E-state index < -0.39 is 0 Å². The van der Waals surface area contributed by atoms with Gasteiger partial charge in [0.15, 0.2) is 0 Å². The van der Waals surface area contributed by atoms with Gasteiger partial charge in [0, 0.05) is 17.3 Å². The largest absolute Gasteiger partial charge is 0.355 e. The summed E-state index contributed by atoms with van der Waals surface area (Å²) in [6.45, 7) is 5.28. The van der Waals surface area contributed by atoms with Crippen LogP contribution in [-0.4, -0.2) is 17.3 Å². The van der Waals surface area contributed by atoms with Gasteiger partial charge in [0.1, 0.15) is 0 Å². The van der Waals surface area contributed by atoms with Gasteiger partial charge in [-0.2, -0.15) is 0 Å². The first-order valence-corrected chi connectivity index (χ1v) is 9.95. The van der Waals surface area contributed by atoms with Crippen molar-refractivity contribution in [3.05, 3.63) is 0 Å². The Morgan fingerprint density at radius 3 is 2.05 bits per heavy atom. The minimum Gasteiger partial charge on any atom is -0.355 e. The van der Waals surface area contributed by atoms with E-state index in [0.29, 0.717) is 34.4 Å². The minimum atomic E-state index is 0.333. The molecule has 4 fully saturated rings. The van der Waals surface area contributed by atoms with Crippen LogP contribution in [0.2, 0.25) is 0 Å². The monoisotopic (exact) mass is 355 g/mol. The van der Waals surface area contributed by atoms with Crippen LogP contribution in [0.15, 0.2) is 0 Å². The molecule has 3 heteroatoms. The summed E-state index contributed by atoms with van der Waals surface area (Å²) >= 11 is 3.78. The van der Waals surface area contributed by atoms with Crippen LogP contribution in [0, 0.1) is 35.5 Å². The van der Waals surface area contributed by atoms with Crippen molar-refractivity contribution in [3.8, 4) is 0 Å². The zero-order chi connectivity index (χ0) is 15.0. The van der Waals surface area contributed by atoms with Crippen molar-refractivity contribution in [1.29, 1.82) is 0 Å². The molecule has 21 heavy (non-hydrogen) atoms. The van der Waals surface area contributed by atoms with E-state index in [1.54, 1.807) is 0 Å². The lowest BCUT2D eigenvalue weighted by Gasteiger charge is -2.53. The molecule has 4 rings (SSSR count). The maximum absolute atomic E-state index is 12.7. The second-order valence-corrected chi connectivity index (χ2v) is 8.97. The normalized spacial score (nSPS) is 38.8. The molecule has 0 radical (unpaired) electrons. The van der Waals surface area contributed by atoms with E-state index >= 15 is 0 Å². The predicted octanol–water partition coefficient (Wildman–Crippen LogP) is 4.37. The van der Waals surface area contributed by atoms with Crippen molar-refractivity contribution >= 4 is 21.8 Å². The Morgan fingerprint density at radius 1 is 1.05 bits per heavy atom. The van der Waals surface area contributed by atoms with Crippen molar-refractivity contribution in [2.45, 2.75) is 63.6 Å². The topological polar surface area (TPSA) is 29.1 Å². The van der Waals surface area contributed by atoms with Crippen molar-refractivity contribution in [3.63, 3.8) is 0 Å². The van der Waals surface area contributed by atoms with Gasteiger partial charge in [0.2, 0.25) is 5.91 Å². The zero-order valence-electron chi connectivity index (χ0n) is 13.5. The number of amides is 1. The minimum absolute atomic E-state index is 0.333. The quantitative estimate of drug-likeness (QED) is 0.704. The van der Waals surface area contributed by atoms with E-state index in [0.717, 1.165) is 18.4 Å². The highest BCUT2D eigenvalue weighted by atomic mass is 79.9. The van der Waals surface area contributed by atoms with Gasteiger partial charge in [-0.3, -0.25) is 4.79 Å². The molecule has 120 valence electrons. The number of rotatable bonds is 6. The summed E-state index contributed by atoms with van der Waals surface area (Å²) in [5, 5.41) is 3.27. The van der Waals surface area contributed by atoms with Crippen LogP contribution in [0.4, 0.5) is 0 Å². The molecule has 4 aliphatic carbocycles. The van der Waals surface area contributed by atoms with Gasteiger partial charge < -0.3 is 5.32 Å². The third-order valence-electron chi connectivity index (χ3n) is 6.56. The van der Waals surface area contributed by atoms with E-state index in [2.05, 4.69) is 35.1 Å². The molecule has 0 aliphatic heterocycles. The number of carbonyl (C=O) groups is 1. The average Bonchev–Trinajstić information content (AvgIpc) is 2.45. The molecule has 1 atom stereocenters. The second-order valence-electron chi connectivity index (χ2n) is 7.79. The Balaban J connectivity index is 1.54. The highest BCUT2D eigenvalue weighted by molar-refractivity contribution is 9.09. The van der Waals surface area contributed by atoms with Gasteiger partial charge in [-0.05, 0) is 61.7 Å². The number of carbonyl (C=O) groups excluding carboxylic acids is 1. The summed E-state index contributed by atoms with van der Waals surface area (Å²) in [7, 11) is 0. The summed E-state index contributed by atoms with van der Waals surface area (Å²) in [5.74, 6) is 4.66. The summed E-state index contributed by atoms with van der Waals surface area (Å²) in [4.78, 5) is 13.1. The lowest BCUT2D eigenvalue weighted by Crippen LogP contribution is -2.51. The molecule has 1 amide bonds. The molecule has 4 aliphatic rings. The third kappa shape index (κ3) is 3.18. The number of alkyl halides is 1. The van der Waals surface area contributed by atoms with E-state index in [4.69, 9.17) is 0 Å². The van der Waals surface area contributed by atoms with E-state index in [1.165, 1.54) is 44.9 Å². The fraction of sp³-hybridized carbons (Fsp3) is 0.944. The Hall–Kier alpha value is -0.0500. The van der Waals surface area contributed by atoms with Gasteiger partial charge in [0.25, 0.3) is 0 Å². The van der Waals surface area contributed by atoms with E-state index in [1.807, 2.05) is 0 Å². The van der Waals surface area contributed by atoms with Gasteiger partial charge in [-0.25, -0.2) is 0 Å². The van der Waals surface area contributed by atoms with Crippen molar-refractivity contribution in [1.82, 2.24) is 5.32 Å². The highest BCUT2D eigenvalue weighted by Crippen LogP contribution is 2.56. The standard InChI is InChI=1S/C18H30BrNO/c1-3-13(4-2)16(19)10-20-18(21)17-14-6-11-5-12(8-14)9-15(17)7-11/h11-17H,3-10H2,1-2H3,(H,20,21). The molecule has 0 aromatic rings. The maximum Gasteiger partial charge on any atom is 0.223 e. The van der Waals surface area contributed by atoms with Crippen molar-refractivity contribution < 1.29 is 4.79 Å². The fourth-order valence-electron chi connectivity index (χ4n) is 5.64. The van der Waals surface area contributed by atoms with Crippen molar-refractivity contribution in [2.24, 2.45) is 35.5 Å². The predicted molar refractivity (Wildman–Crippen MR) is 90.3 cm³/mol. The third-order valence-corrected chi connectivity index (χ3v) is 7.63. The van der Waals surface area contributed by atoms with E-state index in [-0.39, 0.29) is 0 Å². The fourth-order valence-corrected chi connectivity index (χ4v) is 6.55. The van der Waals surface area contributed by atoms with Crippen LogP contribution in [0.5, 0.6) is 0 Å². The Labute approximate surface area is 138 Å². The first kappa shape index (κ1) is 15.8. The molecule has 0 saturated heterocycles. The number of hydrogen-bond donors (Lipinski definition) is 1. The first-order valence-electron chi connectivity index (χ1n) is 9.04. The first-order chi connectivity index (χ1) is 10.1. The van der Waals surface area contributed by atoms with Gasteiger partial charge in [-0.1, -0.05) is 42.6 Å². The Bertz CT molecular complexity index is 351. The SMILES string of the molecule is CCC(CC)C(Br)CNC(=O)C1C2CC3CC(C2)CC1C3. The number of halogens is 1. The molecule has 1 unspecified atom stereocenters. The molecule has 4 saturated carbocycles. The molecule has 1 N–H and O–H groups in total. The molecule has 2 nitrogen and oxygen atoms in total. The Morgan fingerprint density at radius 2 is 1.57 bits per heavy atom. The summed E-state index contributed by atoms with van der Waals surface area (Å²) in [6.07, 6.45) is 9.13. The Kier molecular flexibility index (Phi) is 4.97. The molecule has 0 aromatic heterocycles. The van der Waals surface area contributed by atoms with Crippen LogP contribution in [-0.2, 0) is 4.79 Å². The lowest BCUT2D eigenvalue weighted by atomic mass is 9.51. The van der Waals surface area contributed by atoms with Crippen LogP contribution in [0.1, 0.15) is 58.8 Å². The highest BCUT2D eigenvalue weighted by Gasteiger charge is 2.50. The van der Waals surface area contributed by atoms with Crippen molar-refractivity contribution in [2.75, 3.05) is 6.54 Å². The molecule has 0 spiro atoms. The van der Waals surface area contributed by atoms with Gasteiger partial charge >= 0.3 is 0 Å². The smallest absolute Gasteiger partial charge is 0.223 e. The van der Waals surface area contributed by atoms with Gasteiger partial charge in [-0.15, -0.1) is 0 Å². The molecule has 4 bridgehead atoms. The number of nitrogens with one attached hydrogen (secondary N) is 1. The van der Waals surface area contributed by atoms with Crippen LogP contribution in [0.3, 0.4) is 0 Å². The summed E-state index contributed by atoms with van der Waals surface area (Å²) < 4.78 is 0. The zero-order valence-corrected chi connectivity index (χ0v) is 15.1. The van der Waals surface area contributed by atoms with Crippen LogP contribution < -0.4 is 5.32 Å². The summed E-state index contributed by atoms with van der Waals surface area (Å²) in [5.41, 5.74) is 0. The molecular formula is C18H30BrNO. The van der Waals surface area contributed by atoms with Crippen LogP contribution >= 0.6 is 15.9 Å². The van der Waals surface area contributed by atoms with E-state index in [9.17, 15) is 4.79 Å². The summed E-state index contributed by atoms with van der Waals surface area (Å²) in [6, 6.07) is 0. The van der Waals surface area contributed by atoms with Gasteiger partial charge in [0.05, 0.1) is 0 Å². The van der Waals surface area contributed by atoms with Crippen LogP contribution in [0.25, 0.3) is 0 Å². The average molecular weight is 356 g/mol. The molecular weight excluding hydrogens is 326 g/mol. The second kappa shape index (κ2) is 6.60. The molecule has 0 heterocycles.